The molecule has 0 aliphatic carbocycles. The molecule has 0 radical (unpaired) electrons. The smallest absolute Gasteiger partial charge is 0.420 e. The fraction of sp³-hybridized carbons (Fsp3) is 0.357. The molecule has 0 fully saturated rings. The first-order valence-corrected chi connectivity index (χ1v) is 10.4. The predicted octanol–water partition coefficient (Wildman–Crippen LogP) is 4.69. The number of halogens is 3. The molecule has 10 heteroatoms. The summed E-state index contributed by atoms with van der Waals surface area (Å²) in [7, 11) is -3.03. The van der Waals surface area contributed by atoms with E-state index in [9.17, 15) is 13.3 Å². The molecule has 0 saturated carbocycles. The molecule has 24 heavy (non-hydrogen) atoms. The highest BCUT2D eigenvalue weighted by atomic mass is 79.9. The fourth-order valence-corrected chi connectivity index (χ4v) is 3.91. The second-order valence-corrected chi connectivity index (χ2v) is 8.59. The second-order valence-electron chi connectivity index (χ2n) is 4.97. The van der Waals surface area contributed by atoms with Gasteiger partial charge in [-0.1, -0.05) is 17.8 Å². The van der Waals surface area contributed by atoms with E-state index in [1.165, 1.54) is 6.07 Å². The van der Waals surface area contributed by atoms with Crippen molar-refractivity contribution < 1.29 is 22.8 Å². The van der Waals surface area contributed by atoms with Gasteiger partial charge in [-0.05, 0) is 46.5 Å². The molecule has 0 amide bonds. The van der Waals surface area contributed by atoms with Gasteiger partial charge in [-0.25, -0.2) is 9.55 Å². The van der Waals surface area contributed by atoms with Gasteiger partial charge in [0.05, 0.1) is 4.47 Å². The molecule has 0 bridgehead atoms. The van der Waals surface area contributed by atoms with E-state index in [4.69, 9.17) is 4.89 Å². The molecule has 1 heterocycles. The van der Waals surface area contributed by atoms with Crippen molar-refractivity contribution >= 4 is 35.3 Å². The Morgan fingerprint density at radius 1 is 1.50 bits per heavy atom. The number of thioether (sulfide) groups is 1. The Morgan fingerprint density at radius 2 is 2.25 bits per heavy atom. The van der Waals surface area contributed by atoms with E-state index in [0.717, 1.165) is 29.3 Å². The Hall–Kier alpha value is -0.890. The molecule has 0 spiro atoms. The van der Waals surface area contributed by atoms with E-state index in [1.54, 1.807) is 30.1 Å². The number of benzene rings is 1. The molecule has 1 aromatic carbocycles. The molecule has 0 saturated heterocycles. The van der Waals surface area contributed by atoms with Crippen molar-refractivity contribution in [2.75, 3.05) is 5.75 Å². The van der Waals surface area contributed by atoms with Gasteiger partial charge >= 0.3 is 13.8 Å². The van der Waals surface area contributed by atoms with E-state index in [2.05, 4.69) is 25.4 Å². The zero-order valence-electron chi connectivity index (χ0n) is 12.7. The van der Waals surface area contributed by atoms with Crippen LogP contribution in [0.2, 0.25) is 0 Å². The molecule has 2 aromatic rings. The molecular formula is C14H16BrF2N2O3PS. The molecule has 1 N–H and O–H groups in total. The maximum absolute atomic E-state index is 12.4. The Kier molecular flexibility index (Phi) is 6.86. The highest BCUT2D eigenvalue weighted by Gasteiger charge is 2.34. The minimum atomic E-state index is -4.96. The van der Waals surface area contributed by atoms with Crippen molar-refractivity contribution in [1.29, 1.82) is 0 Å². The van der Waals surface area contributed by atoms with Crippen LogP contribution >= 0.6 is 35.3 Å². The van der Waals surface area contributed by atoms with Crippen molar-refractivity contribution in [3.05, 3.63) is 40.6 Å². The quantitative estimate of drug-likeness (QED) is 0.366. The van der Waals surface area contributed by atoms with Gasteiger partial charge in [-0.3, -0.25) is 0 Å². The van der Waals surface area contributed by atoms with Crippen molar-refractivity contribution in [2.45, 2.75) is 24.2 Å². The average Bonchev–Trinajstić information content (AvgIpc) is 2.91. The number of aromatic nitrogens is 2. The summed E-state index contributed by atoms with van der Waals surface area (Å²) in [4.78, 5) is 13.3. The van der Waals surface area contributed by atoms with Crippen LogP contribution in [0.3, 0.4) is 0 Å². The van der Waals surface area contributed by atoms with Crippen LogP contribution in [0, 0.1) is 0 Å². The van der Waals surface area contributed by atoms with E-state index in [0.29, 0.717) is 4.47 Å². The third-order valence-corrected chi connectivity index (χ3v) is 5.81. The number of nitrogens with zero attached hydrogens (tertiary/aromatic N) is 2. The van der Waals surface area contributed by atoms with Crippen molar-refractivity contribution in [1.82, 2.24) is 9.55 Å². The van der Waals surface area contributed by atoms with E-state index < -0.39 is 13.8 Å². The van der Waals surface area contributed by atoms with Crippen LogP contribution < -0.4 is 4.52 Å². The fourth-order valence-electron chi connectivity index (χ4n) is 1.89. The lowest BCUT2D eigenvalue weighted by atomic mass is 10.1. The molecule has 0 aliphatic heterocycles. The number of hydrogen-bond donors (Lipinski definition) is 1. The number of aryl methyl sites for hydroxylation is 2. The van der Waals surface area contributed by atoms with Gasteiger partial charge in [0, 0.05) is 25.2 Å². The lowest BCUT2D eigenvalue weighted by molar-refractivity contribution is 0.188. The molecule has 5 nitrogen and oxygen atoms in total. The lowest BCUT2D eigenvalue weighted by Crippen LogP contribution is -2.01. The van der Waals surface area contributed by atoms with Crippen LogP contribution in [0.4, 0.5) is 8.78 Å². The van der Waals surface area contributed by atoms with Gasteiger partial charge in [0.2, 0.25) is 0 Å². The third-order valence-electron chi connectivity index (χ3n) is 3.09. The Bertz CT molecular complexity index is 745. The van der Waals surface area contributed by atoms with Crippen LogP contribution in [-0.2, 0) is 18.0 Å². The van der Waals surface area contributed by atoms with E-state index in [-0.39, 0.29) is 5.75 Å². The monoisotopic (exact) mass is 440 g/mol. The highest BCUT2D eigenvalue weighted by molar-refractivity contribution is 9.10. The van der Waals surface area contributed by atoms with E-state index in [1.807, 2.05) is 17.8 Å². The standard InChI is InChI=1S/C14H16BrF2N2O3PS/c1-19-7-6-18-14(19)24-8-2-3-10-4-5-12(11(15)9-10)22-23(20,21)13(16)17/h4-7,9,13H,2-3,8H2,1H3,(H,20,21). The third kappa shape index (κ3) is 5.31. The Morgan fingerprint density at radius 3 is 2.83 bits per heavy atom. The average molecular weight is 441 g/mol. The van der Waals surface area contributed by atoms with Gasteiger partial charge in [0.1, 0.15) is 5.75 Å². The molecule has 2 rings (SSSR count). The van der Waals surface area contributed by atoms with E-state index >= 15 is 0 Å². The summed E-state index contributed by atoms with van der Waals surface area (Å²) in [5, 5.41) is 0.950. The summed E-state index contributed by atoms with van der Waals surface area (Å²) < 4.78 is 42.9. The summed E-state index contributed by atoms with van der Waals surface area (Å²) in [6, 6.07) is 4.81. The first kappa shape index (κ1) is 19.4. The highest BCUT2D eigenvalue weighted by Crippen LogP contribution is 2.50. The number of imidazole rings is 1. The largest absolute Gasteiger partial charge is 0.442 e. The maximum atomic E-state index is 12.4. The molecule has 132 valence electrons. The molecule has 1 unspecified atom stereocenters. The van der Waals surface area contributed by atoms with Gasteiger partial charge in [0.25, 0.3) is 0 Å². The van der Waals surface area contributed by atoms with Crippen LogP contribution in [0.15, 0.2) is 40.2 Å². The summed E-state index contributed by atoms with van der Waals surface area (Å²) in [5.41, 5.74) is 0.972. The minimum Gasteiger partial charge on any atom is -0.420 e. The first-order valence-electron chi connectivity index (χ1n) is 6.98. The molecule has 0 aliphatic rings. The normalized spacial score (nSPS) is 13.9. The first-order chi connectivity index (χ1) is 11.3. The van der Waals surface area contributed by atoms with Crippen LogP contribution in [0.5, 0.6) is 5.75 Å². The zero-order valence-corrected chi connectivity index (χ0v) is 16.0. The number of alkyl halides is 2. The van der Waals surface area contributed by atoms with Crippen molar-refractivity contribution in [3.63, 3.8) is 0 Å². The lowest BCUT2D eigenvalue weighted by Gasteiger charge is -2.14. The van der Waals surface area contributed by atoms with Crippen molar-refractivity contribution in [2.24, 2.45) is 7.05 Å². The summed E-state index contributed by atoms with van der Waals surface area (Å²) in [5.74, 6) is 0.810. The van der Waals surface area contributed by atoms with Crippen LogP contribution in [0.25, 0.3) is 0 Å². The van der Waals surface area contributed by atoms with Crippen LogP contribution in [0.1, 0.15) is 12.0 Å². The zero-order chi connectivity index (χ0) is 17.7. The predicted molar refractivity (Wildman–Crippen MR) is 92.9 cm³/mol. The molecule has 1 aromatic heterocycles. The maximum Gasteiger partial charge on any atom is 0.442 e. The number of hydrogen-bond acceptors (Lipinski definition) is 4. The second kappa shape index (κ2) is 8.47. The molecule has 1 atom stereocenters. The van der Waals surface area contributed by atoms with Crippen molar-refractivity contribution in [3.8, 4) is 5.75 Å². The molecular weight excluding hydrogens is 425 g/mol. The minimum absolute atomic E-state index is 0.0766. The Labute approximate surface area is 151 Å². The topological polar surface area (TPSA) is 64.4 Å². The van der Waals surface area contributed by atoms with Crippen LogP contribution in [-0.4, -0.2) is 26.4 Å². The Balaban J connectivity index is 1.88. The van der Waals surface area contributed by atoms with Gasteiger partial charge in [-0.15, -0.1) is 0 Å². The van der Waals surface area contributed by atoms with Gasteiger partial charge in [-0.2, -0.15) is 8.78 Å². The summed E-state index contributed by atoms with van der Waals surface area (Å²) in [6.07, 6.45) is 1.88. The van der Waals surface area contributed by atoms with Gasteiger partial charge < -0.3 is 14.0 Å². The summed E-state index contributed by atoms with van der Waals surface area (Å²) >= 11 is 4.83. The van der Waals surface area contributed by atoms with Gasteiger partial charge in [0.15, 0.2) is 5.16 Å². The number of rotatable bonds is 8. The summed E-state index contributed by atoms with van der Waals surface area (Å²) in [6.45, 7) is 0. The SMILES string of the molecule is Cn1ccnc1SCCCc1ccc(OP(=O)(O)C(F)F)c(Br)c1.